The van der Waals surface area contributed by atoms with Crippen molar-refractivity contribution in [3.8, 4) is 11.5 Å². The maximum Gasteiger partial charge on any atom is 0.309 e. The van der Waals surface area contributed by atoms with Crippen molar-refractivity contribution < 1.29 is 37.0 Å². The van der Waals surface area contributed by atoms with Crippen molar-refractivity contribution in [3.63, 3.8) is 0 Å². The number of imide groups is 1. The van der Waals surface area contributed by atoms with E-state index in [0.29, 0.717) is 56.9 Å². The summed E-state index contributed by atoms with van der Waals surface area (Å²) < 4.78 is 43.7. The number of piperidine rings is 1. The standard InChI is InChI=1S/C21H26N2O8S/c24-19-3-1-8-23(19)20(25)14-31-21(26)15-6-9-22(10-7-15)32(27,28)16-4-5-17-18(13-16)30-12-2-11-29-17/h4-5,13,15H,1-3,6-12,14H2. The van der Waals surface area contributed by atoms with Crippen LogP contribution in [0.5, 0.6) is 11.5 Å². The number of rotatable bonds is 5. The molecule has 2 saturated heterocycles. The molecule has 3 heterocycles. The first-order chi connectivity index (χ1) is 15.4. The van der Waals surface area contributed by atoms with Gasteiger partial charge >= 0.3 is 5.97 Å². The van der Waals surface area contributed by atoms with Crippen LogP contribution in [0.15, 0.2) is 23.1 Å². The molecule has 0 atom stereocenters. The first-order valence-corrected chi connectivity index (χ1v) is 12.2. The molecule has 0 saturated carbocycles. The Morgan fingerprint density at radius 2 is 1.75 bits per heavy atom. The highest BCUT2D eigenvalue weighted by Crippen LogP contribution is 2.33. The fourth-order valence-electron chi connectivity index (χ4n) is 4.03. The minimum Gasteiger partial charge on any atom is -0.490 e. The van der Waals surface area contributed by atoms with Gasteiger partial charge in [0.1, 0.15) is 0 Å². The van der Waals surface area contributed by atoms with Gasteiger partial charge in [0, 0.05) is 38.5 Å². The average molecular weight is 467 g/mol. The second-order valence-corrected chi connectivity index (χ2v) is 9.93. The fraction of sp³-hybridized carbons (Fsp3) is 0.571. The SMILES string of the molecule is O=C(OCC(=O)N1CCCC1=O)C1CCN(S(=O)(=O)c2ccc3c(c2)OCCCO3)CC1. The van der Waals surface area contributed by atoms with Crippen molar-refractivity contribution in [1.82, 2.24) is 9.21 Å². The summed E-state index contributed by atoms with van der Waals surface area (Å²) in [5, 5.41) is 0. The lowest BCUT2D eigenvalue weighted by molar-refractivity contribution is -0.158. The molecular weight excluding hydrogens is 440 g/mol. The van der Waals surface area contributed by atoms with E-state index in [2.05, 4.69) is 0 Å². The van der Waals surface area contributed by atoms with Gasteiger partial charge in [0.05, 0.1) is 24.0 Å². The second kappa shape index (κ2) is 9.45. The van der Waals surface area contributed by atoms with Gasteiger partial charge in [0.2, 0.25) is 15.9 Å². The highest BCUT2D eigenvalue weighted by molar-refractivity contribution is 7.89. The number of amides is 2. The van der Waals surface area contributed by atoms with E-state index in [1.165, 1.54) is 16.4 Å². The largest absolute Gasteiger partial charge is 0.490 e. The Bertz CT molecular complexity index is 1000. The van der Waals surface area contributed by atoms with Crippen LogP contribution in [-0.2, 0) is 29.1 Å². The van der Waals surface area contributed by atoms with E-state index in [-0.39, 0.29) is 23.9 Å². The molecule has 3 aliphatic heterocycles. The number of benzene rings is 1. The molecular formula is C21H26N2O8S. The lowest BCUT2D eigenvalue weighted by Gasteiger charge is -2.30. The molecule has 0 aromatic heterocycles. The average Bonchev–Trinajstić information content (AvgIpc) is 3.09. The number of carbonyl (C=O) groups excluding carboxylic acids is 3. The third-order valence-electron chi connectivity index (χ3n) is 5.86. The van der Waals surface area contributed by atoms with E-state index < -0.39 is 34.4 Å². The molecule has 0 radical (unpaired) electrons. The molecule has 10 nitrogen and oxygen atoms in total. The van der Waals surface area contributed by atoms with Crippen LogP contribution in [0.4, 0.5) is 0 Å². The lowest BCUT2D eigenvalue weighted by Crippen LogP contribution is -2.41. The van der Waals surface area contributed by atoms with E-state index >= 15 is 0 Å². The Kier molecular flexibility index (Phi) is 6.66. The van der Waals surface area contributed by atoms with Gasteiger partial charge in [-0.05, 0) is 31.4 Å². The minimum absolute atomic E-state index is 0.114. The van der Waals surface area contributed by atoms with Crippen LogP contribution < -0.4 is 9.47 Å². The molecule has 0 bridgehead atoms. The summed E-state index contributed by atoms with van der Waals surface area (Å²) in [6, 6.07) is 4.57. The molecule has 174 valence electrons. The maximum absolute atomic E-state index is 13.1. The van der Waals surface area contributed by atoms with Gasteiger partial charge < -0.3 is 14.2 Å². The highest BCUT2D eigenvalue weighted by atomic mass is 32.2. The van der Waals surface area contributed by atoms with Gasteiger partial charge in [0.15, 0.2) is 18.1 Å². The van der Waals surface area contributed by atoms with Gasteiger partial charge in [-0.25, -0.2) is 8.42 Å². The first kappa shape index (κ1) is 22.5. The molecule has 0 spiro atoms. The number of sulfonamides is 1. The molecule has 0 N–H and O–H groups in total. The molecule has 2 fully saturated rings. The van der Waals surface area contributed by atoms with Crippen molar-refractivity contribution in [3.05, 3.63) is 18.2 Å². The van der Waals surface area contributed by atoms with Crippen molar-refractivity contribution >= 4 is 27.8 Å². The Morgan fingerprint density at radius 3 is 2.44 bits per heavy atom. The zero-order chi connectivity index (χ0) is 22.7. The number of likely N-dealkylation sites (tertiary alicyclic amines) is 1. The zero-order valence-electron chi connectivity index (χ0n) is 17.7. The van der Waals surface area contributed by atoms with Crippen LogP contribution in [0.25, 0.3) is 0 Å². The number of carbonyl (C=O) groups is 3. The number of nitrogens with zero attached hydrogens (tertiary/aromatic N) is 2. The fourth-order valence-corrected chi connectivity index (χ4v) is 5.51. The van der Waals surface area contributed by atoms with Crippen LogP contribution in [0, 0.1) is 5.92 Å². The monoisotopic (exact) mass is 466 g/mol. The smallest absolute Gasteiger partial charge is 0.309 e. The normalized spacial score (nSPS) is 20.1. The van der Waals surface area contributed by atoms with Crippen molar-refractivity contribution in [2.45, 2.75) is 37.0 Å². The molecule has 1 aromatic rings. The number of hydrogen-bond donors (Lipinski definition) is 0. The van der Waals surface area contributed by atoms with E-state index in [4.69, 9.17) is 14.2 Å². The molecule has 0 unspecified atom stereocenters. The molecule has 4 rings (SSSR count). The summed E-state index contributed by atoms with van der Waals surface area (Å²) in [4.78, 5) is 37.2. The van der Waals surface area contributed by atoms with Gasteiger partial charge in [-0.15, -0.1) is 0 Å². The van der Waals surface area contributed by atoms with Crippen molar-refractivity contribution in [2.75, 3.05) is 39.5 Å². The maximum atomic E-state index is 13.1. The van der Waals surface area contributed by atoms with Gasteiger partial charge in [-0.3, -0.25) is 19.3 Å². The lowest BCUT2D eigenvalue weighted by atomic mass is 9.98. The number of ether oxygens (including phenoxy) is 3. The third-order valence-corrected chi connectivity index (χ3v) is 7.75. The molecule has 2 amide bonds. The highest BCUT2D eigenvalue weighted by Gasteiger charge is 2.34. The summed E-state index contributed by atoms with van der Waals surface area (Å²) in [7, 11) is -3.75. The van der Waals surface area contributed by atoms with Crippen LogP contribution in [0.1, 0.15) is 32.1 Å². The molecule has 11 heteroatoms. The third kappa shape index (κ3) is 4.73. The van der Waals surface area contributed by atoms with Gasteiger partial charge in [0.25, 0.3) is 5.91 Å². The summed E-state index contributed by atoms with van der Waals surface area (Å²) in [6.07, 6.45) is 2.25. The number of fused-ring (bicyclic) bond motifs is 1. The molecule has 32 heavy (non-hydrogen) atoms. The van der Waals surface area contributed by atoms with E-state index in [1.54, 1.807) is 6.07 Å². The van der Waals surface area contributed by atoms with Crippen LogP contribution in [-0.4, -0.2) is 74.9 Å². The Morgan fingerprint density at radius 1 is 1.03 bits per heavy atom. The quantitative estimate of drug-likeness (QED) is 0.588. The van der Waals surface area contributed by atoms with Crippen molar-refractivity contribution in [1.29, 1.82) is 0 Å². The first-order valence-electron chi connectivity index (χ1n) is 10.8. The minimum atomic E-state index is -3.75. The van der Waals surface area contributed by atoms with Crippen molar-refractivity contribution in [2.24, 2.45) is 5.92 Å². The topological polar surface area (TPSA) is 120 Å². The Hall–Kier alpha value is -2.66. The summed E-state index contributed by atoms with van der Waals surface area (Å²) >= 11 is 0. The van der Waals surface area contributed by atoms with E-state index in [9.17, 15) is 22.8 Å². The molecule has 3 aliphatic rings. The predicted octanol–water partition coefficient (Wildman–Crippen LogP) is 0.941. The zero-order valence-corrected chi connectivity index (χ0v) is 18.5. The molecule has 0 aliphatic carbocycles. The summed E-state index contributed by atoms with van der Waals surface area (Å²) in [5.41, 5.74) is 0. The predicted molar refractivity (Wildman–Crippen MR) is 110 cm³/mol. The Labute approximate surface area is 186 Å². The van der Waals surface area contributed by atoms with Gasteiger partial charge in [-0.2, -0.15) is 4.31 Å². The van der Waals surface area contributed by atoms with E-state index in [0.717, 1.165) is 11.3 Å². The van der Waals surface area contributed by atoms with Crippen LogP contribution in [0.2, 0.25) is 0 Å². The number of hydrogen-bond acceptors (Lipinski definition) is 8. The summed E-state index contributed by atoms with van der Waals surface area (Å²) in [6.45, 7) is 1.18. The van der Waals surface area contributed by atoms with Crippen LogP contribution in [0.3, 0.4) is 0 Å². The molecule has 1 aromatic carbocycles. The Balaban J connectivity index is 1.32. The summed E-state index contributed by atoms with van der Waals surface area (Å²) in [5.74, 6) is -0.879. The number of esters is 1. The van der Waals surface area contributed by atoms with Crippen LogP contribution >= 0.6 is 0 Å². The van der Waals surface area contributed by atoms with Gasteiger partial charge in [-0.1, -0.05) is 0 Å². The van der Waals surface area contributed by atoms with E-state index in [1.807, 2.05) is 0 Å². The second-order valence-electron chi connectivity index (χ2n) is 7.99.